The monoisotopic (exact) mass is 79.1 g/mol. The second-order valence-electron chi connectivity index (χ2n) is 0.551. The van der Waals surface area contributed by atoms with Gasteiger partial charge in [-0.15, -0.1) is 0 Å². The third kappa shape index (κ3) is 3.92. The molecule has 0 heterocycles. The minimum absolute atomic E-state index is 0.184. The van der Waals surface area contributed by atoms with E-state index in [4.69, 9.17) is 4.11 Å². The van der Waals surface area contributed by atoms with Crippen LogP contribution in [-0.4, -0.2) is 20.9 Å². The van der Waals surface area contributed by atoms with Gasteiger partial charge in [0.15, 0.2) is 0 Å². The van der Waals surface area contributed by atoms with Gasteiger partial charge in [0, 0.05) is 14.1 Å². The molecule has 0 aliphatic carbocycles. The average Bonchev–Trinajstić information content (AvgIpc) is 1.59. The SMILES string of the molecule is [2H]C([2H])([2H])OCOC. The Balaban J connectivity index is 3.11. The van der Waals surface area contributed by atoms with E-state index in [0.29, 0.717) is 0 Å². The van der Waals surface area contributed by atoms with Crippen LogP contribution in [0.5, 0.6) is 0 Å². The molecule has 2 heteroatoms. The molecule has 0 bridgehead atoms. The van der Waals surface area contributed by atoms with Gasteiger partial charge in [0.25, 0.3) is 0 Å². The molecule has 0 amide bonds. The van der Waals surface area contributed by atoms with Crippen LogP contribution < -0.4 is 0 Å². The number of hydrogen-bond donors (Lipinski definition) is 0. The Bertz CT molecular complexity index is 60.0. The van der Waals surface area contributed by atoms with Crippen molar-refractivity contribution in [3.05, 3.63) is 0 Å². The molecule has 0 radical (unpaired) electrons. The summed E-state index contributed by atoms with van der Waals surface area (Å²) in [5.74, 6) is 0. The van der Waals surface area contributed by atoms with Crippen LogP contribution >= 0.6 is 0 Å². The van der Waals surface area contributed by atoms with Crippen LogP contribution in [0, 0.1) is 0 Å². The van der Waals surface area contributed by atoms with Crippen LogP contribution in [0.25, 0.3) is 0 Å². The lowest BCUT2D eigenvalue weighted by Crippen LogP contribution is -1.87. The molecule has 0 aliphatic heterocycles. The Morgan fingerprint density at radius 3 is 2.80 bits per heavy atom. The maximum atomic E-state index is 6.47. The molecule has 0 aromatic rings. The standard InChI is InChI=1S/C3H8O2/c1-4-3-5-2/h3H2,1-2H3/i1D3. The van der Waals surface area contributed by atoms with Crippen LogP contribution in [-0.2, 0) is 9.47 Å². The van der Waals surface area contributed by atoms with E-state index in [-0.39, 0.29) is 6.79 Å². The molecule has 0 saturated carbocycles. The molecule has 0 aromatic heterocycles. The fourth-order valence-corrected chi connectivity index (χ4v) is 0.0589. The molecule has 2 nitrogen and oxygen atoms in total. The first-order valence-corrected chi connectivity index (χ1v) is 1.19. The number of rotatable bonds is 2. The van der Waals surface area contributed by atoms with Gasteiger partial charge in [-0.3, -0.25) is 0 Å². The second kappa shape index (κ2) is 3.92. The normalized spacial score (nSPS) is 19.8. The van der Waals surface area contributed by atoms with E-state index in [1.165, 1.54) is 7.11 Å². The summed E-state index contributed by atoms with van der Waals surface area (Å²) in [4.78, 5) is 0. The van der Waals surface area contributed by atoms with Crippen molar-refractivity contribution >= 4 is 0 Å². The van der Waals surface area contributed by atoms with Crippen molar-refractivity contribution in [3.8, 4) is 0 Å². The highest BCUT2D eigenvalue weighted by atomic mass is 16.6. The van der Waals surface area contributed by atoms with E-state index < -0.39 is 7.04 Å². The largest absolute Gasteiger partial charge is 0.359 e. The highest BCUT2D eigenvalue weighted by molar-refractivity contribution is 3.84. The van der Waals surface area contributed by atoms with Gasteiger partial charge in [-0.1, -0.05) is 0 Å². The molecule has 0 fully saturated rings. The Morgan fingerprint density at radius 2 is 2.60 bits per heavy atom. The van der Waals surface area contributed by atoms with Crippen LogP contribution in [0.1, 0.15) is 4.11 Å². The molecule has 0 atom stereocenters. The van der Waals surface area contributed by atoms with Crippen LogP contribution in [0.15, 0.2) is 0 Å². The Labute approximate surface area is 35.9 Å². The van der Waals surface area contributed by atoms with Crippen molar-refractivity contribution in [2.24, 2.45) is 0 Å². The van der Waals surface area contributed by atoms with Gasteiger partial charge in [-0.2, -0.15) is 0 Å². The molecular formula is C3H8O2. The van der Waals surface area contributed by atoms with E-state index in [0.717, 1.165) is 0 Å². The molecule has 0 saturated heterocycles. The van der Waals surface area contributed by atoms with Crippen molar-refractivity contribution in [2.45, 2.75) is 0 Å². The summed E-state index contributed by atoms with van der Waals surface area (Å²) >= 11 is 0. The van der Waals surface area contributed by atoms with E-state index >= 15 is 0 Å². The van der Waals surface area contributed by atoms with Crippen molar-refractivity contribution in [1.29, 1.82) is 0 Å². The topological polar surface area (TPSA) is 18.5 Å². The second-order valence-corrected chi connectivity index (χ2v) is 0.551. The Hall–Kier alpha value is -0.0800. The lowest BCUT2D eigenvalue weighted by molar-refractivity contribution is -0.00271. The Morgan fingerprint density at radius 1 is 1.80 bits per heavy atom. The van der Waals surface area contributed by atoms with Gasteiger partial charge < -0.3 is 9.47 Å². The zero-order valence-electron chi connectivity index (χ0n) is 6.02. The van der Waals surface area contributed by atoms with Gasteiger partial charge in [0.05, 0.1) is 4.11 Å². The molecule has 0 rings (SSSR count). The van der Waals surface area contributed by atoms with Crippen LogP contribution in [0.3, 0.4) is 0 Å². The summed E-state index contributed by atoms with van der Waals surface area (Å²) in [6.07, 6.45) is 0. The minimum Gasteiger partial charge on any atom is -0.359 e. The van der Waals surface area contributed by atoms with Crippen LogP contribution in [0.2, 0.25) is 0 Å². The van der Waals surface area contributed by atoms with Crippen LogP contribution in [0.4, 0.5) is 0 Å². The van der Waals surface area contributed by atoms with E-state index in [9.17, 15) is 0 Å². The molecule has 5 heavy (non-hydrogen) atoms. The van der Waals surface area contributed by atoms with E-state index in [1.807, 2.05) is 0 Å². The summed E-state index contributed by atoms with van der Waals surface area (Å²) in [5.41, 5.74) is 0. The molecule has 32 valence electrons. The smallest absolute Gasteiger partial charge is 0.145 e. The number of ether oxygens (including phenoxy) is 2. The van der Waals surface area contributed by atoms with Gasteiger partial charge in [-0.25, -0.2) is 0 Å². The summed E-state index contributed by atoms with van der Waals surface area (Å²) in [5, 5.41) is 0. The predicted octanol–water partition coefficient (Wildman–Crippen LogP) is 0.237. The summed E-state index contributed by atoms with van der Waals surface area (Å²) in [6.45, 7) is -0.184. The maximum absolute atomic E-state index is 6.47. The van der Waals surface area contributed by atoms with Crippen molar-refractivity contribution in [2.75, 3.05) is 20.9 Å². The average molecular weight is 79.1 g/mol. The summed E-state index contributed by atoms with van der Waals surface area (Å²) < 4.78 is 27.9. The maximum Gasteiger partial charge on any atom is 0.145 e. The highest BCUT2D eigenvalue weighted by Gasteiger charge is 1.63. The van der Waals surface area contributed by atoms with Gasteiger partial charge >= 0.3 is 0 Å². The van der Waals surface area contributed by atoms with Crippen molar-refractivity contribution in [1.82, 2.24) is 0 Å². The molecule has 0 N–H and O–H groups in total. The third-order valence-electron chi connectivity index (χ3n) is 0.177. The number of methoxy groups -OCH3 is 2. The highest BCUT2D eigenvalue weighted by Crippen LogP contribution is 1.60. The first kappa shape index (κ1) is 1.58. The molecule has 0 spiro atoms. The van der Waals surface area contributed by atoms with Crippen molar-refractivity contribution in [3.63, 3.8) is 0 Å². The van der Waals surface area contributed by atoms with Gasteiger partial charge in [-0.05, 0) is 0 Å². The third-order valence-corrected chi connectivity index (χ3v) is 0.177. The first-order chi connectivity index (χ1) is 3.56. The molecule has 0 aromatic carbocycles. The fourth-order valence-electron chi connectivity index (χ4n) is 0.0589. The minimum atomic E-state index is -2.32. The zero-order valence-corrected chi connectivity index (χ0v) is 3.02. The molecular weight excluding hydrogens is 68.0 g/mol. The quantitative estimate of drug-likeness (QED) is 0.441. The summed E-state index contributed by atoms with van der Waals surface area (Å²) in [6, 6.07) is 0. The lowest BCUT2D eigenvalue weighted by Gasteiger charge is -1.87. The van der Waals surface area contributed by atoms with Crippen molar-refractivity contribution < 1.29 is 13.6 Å². The molecule has 0 aliphatic rings. The van der Waals surface area contributed by atoms with E-state index in [1.54, 1.807) is 0 Å². The van der Waals surface area contributed by atoms with Gasteiger partial charge in [0.2, 0.25) is 0 Å². The predicted molar refractivity (Wildman–Crippen MR) is 18.9 cm³/mol. The number of hydrogen-bond acceptors (Lipinski definition) is 2. The zero-order chi connectivity index (χ0) is 6.62. The Kier molecular flexibility index (Phi) is 1.24. The van der Waals surface area contributed by atoms with E-state index in [2.05, 4.69) is 9.47 Å². The summed E-state index contributed by atoms with van der Waals surface area (Å²) in [7, 11) is -0.957. The van der Waals surface area contributed by atoms with Gasteiger partial charge in [0.1, 0.15) is 6.79 Å². The molecule has 0 unspecified atom stereocenters. The fraction of sp³-hybridized carbons (Fsp3) is 1.00. The first-order valence-electron chi connectivity index (χ1n) is 2.69. The lowest BCUT2D eigenvalue weighted by atomic mass is 11.4.